The molecule has 3 rings (SSSR count). The summed E-state index contributed by atoms with van der Waals surface area (Å²) in [6.45, 7) is 5.22. The lowest BCUT2D eigenvalue weighted by Crippen LogP contribution is -2.45. The Hall–Kier alpha value is -0.510. The molecule has 2 aliphatic rings. The van der Waals surface area contributed by atoms with Gasteiger partial charge in [-0.2, -0.15) is 11.8 Å². The van der Waals surface area contributed by atoms with E-state index < -0.39 is 0 Å². The molecule has 2 atom stereocenters. The number of hydrogen-bond acceptors (Lipinski definition) is 3. The highest BCUT2D eigenvalue weighted by Gasteiger charge is 2.40. The lowest BCUT2D eigenvalue weighted by molar-refractivity contribution is -0.105. The van der Waals surface area contributed by atoms with Crippen molar-refractivity contribution in [3.05, 3.63) is 34.9 Å². The van der Waals surface area contributed by atoms with Gasteiger partial charge in [0.25, 0.3) is 0 Å². The number of ether oxygens (including phenoxy) is 1. The van der Waals surface area contributed by atoms with Crippen molar-refractivity contribution in [2.45, 2.75) is 51.2 Å². The predicted octanol–water partition coefficient (Wildman–Crippen LogP) is 4.00. The normalized spacial score (nSPS) is 26.7. The third kappa shape index (κ3) is 3.30. The number of nitrogens with two attached hydrogens (primary N) is 1. The van der Waals surface area contributed by atoms with Crippen LogP contribution in [-0.2, 0) is 4.74 Å². The lowest BCUT2D eigenvalue weighted by Gasteiger charge is -2.45. The summed E-state index contributed by atoms with van der Waals surface area (Å²) in [5.41, 5.74) is 10.8. The number of aryl methyl sites for hydroxylation is 2. The van der Waals surface area contributed by atoms with Crippen molar-refractivity contribution >= 4 is 11.8 Å². The van der Waals surface area contributed by atoms with Crippen LogP contribution in [0.2, 0.25) is 0 Å². The van der Waals surface area contributed by atoms with Gasteiger partial charge in [0.05, 0.1) is 5.60 Å². The lowest BCUT2D eigenvalue weighted by atomic mass is 9.76. The molecular formula is C18H27NOS. The molecule has 116 valence electrons. The summed E-state index contributed by atoms with van der Waals surface area (Å²) in [6.07, 6.45) is 4.65. The highest BCUT2D eigenvalue weighted by molar-refractivity contribution is 7.99. The monoisotopic (exact) mass is 305 g/mol. The Bertz CT molecular complexity index is 490. The fraction of sp³-hybridized carbons (Fsp3) is 0.667. The first-order valence-electron chi connectivity index (χ1n) is 8.14. The highest BCUT2D eigenvalue weighted by atomic mass is 32.2. The van der Waals surface area contributed by atoms with Gasteiger partial charge >= 0.3 is 0 Å². The quantitative estimate of drug-likeness (QED) is 0.897. The van der Waals surface area contributed by atoms with Crippen LogP contribution in [0.1, 0.15) is 48.4 Å². The molecule has 2 heterocycles. The average Bonchev–Trinajstić information content (AvgIpc) is 2.47. The van der Waals surface area contributed by atoms with E-state index >= 15 is 0 Å². The predicted molar refractivity (Wildman–Crippen MR) is 90.8 cm³/mol. The number of rotatable bonds is 2. The zero-order valence-corrected chi connectivity index (χ0v) is 14.0. The minimum Gasteiger partial charge on any atom is -0.375 e. The van der Waals surface area contributed by atoms with E-state index in [2.05, 4.69) is 43.8 Å². The molecule has 0 saturated carbocycles. The highest BCUT2D eigenvalue weighted by Crippen LogP contribution is 2.43. The summed E-state index contributed by atoms with van der Waals surface area (Å²) in [7, 11) is 0. The van der Waals surface area contributed by atoms with Crippen molar-refractivity contribution in [2.75, 3.05) is 18.1 Å². The zero-order chi connectivity index (χ0) is 14.9. The Morgan fingerprint density at radius 1 is 1.29 bits per heavy atom. The maximum absolute atomic E-state index is 6.65. The van der Waals surface area contributed by atoms with E-state index in [9.17, 15) is 0 Å². The van der Waals surface area contributed by atoms with E-state index in [1.165, 1.54) is 41.0 Å². The Morgan fingerprint density at radius 2 is 2.05 bits per heavy atom. The first-order chi connectivity index (χ1) is 10.1. The van der Waals surface area contributed by atoms with Crippen LogP contribution in [0.5, 0.6) is 0 Å². The summed E-state index contributed by atoms with van der Waals surface area (Å²) < 4.78 is 6.20. The molecule has 0 bridgehead atoms. The van der Waals surface area contributed by atoms with Crippen molar-refractivity contribution in [1.82, 2.24) is 0 Å². The van der Waals surface area contributed by atoms with Crippen molar-refractivity contribution < 1.29 is 4.74 Å². The first-order valence-corrected chi connectivity index (χ1v) is 9.30. The molecule has 0 amide bonds. The second-order valence-corrected chi connectivity index (χ2v) is 8.01. The number of hydrogen-bond donors (Lipinski definition) is 1. The molecule has 2 nitrogen and oxygen atoms in total. The molecule has 0 aliphatic carbocycles. The van der Waals surface area contributed by atoms with E-state index in [0.29, 0.717) is 5.92 Å². The summed E-state index contributed by atoms with van der Waals surface area (Å²) in [6, 6.07) is 6.82. The summed E-state index contributed by atoms with van der Waals surface area (Å²) in [4.78, 5) is 0. The maximum Gasteiger partial charge on any atom is 0.0701 e. The molecule has 0 aromatic heterocycles. The van der Waals surface area contributed by atoms with Gasteiger partial charge < -0.3 is 10.5 Å². The second-order valence-electron chi connectivity index (χ2n) is 6.78. The van der Waals surface area contributed by atoms with Crippen molar-refractivity contribution in [3.8, 4) is 0 Å². The van der Waals surface area contributed by atoms with Gasteiger partial charge in [-0.25, -0.2) is 0 Å². The molecule has 21 heavy (non-hydrogen) atoms. The van der Waals surface area contributed by atoms with E-state index in [1.807, 2.05) is 0 Å². The number of thioether (sulfide) groups is 1. The molecule has 2 unspecified atom stereocenters. The molecule has 3 heteroatoms. The van der Waals surface area contributed by atoms with Crippen molar-refractivity contribution in [2.24, 2.45) is 11.7 Å². The standard InChI is InChI=1S/C18H27NOS/c1-13-3-4-16(14(2)11-13)17(19)15-5-8-20-18(12-15)6-9-21-10-7-18/h3-4,11,15,17H,5-10,12,19H2,1-2H3. The van der Waals surface area contributed by atoms with Crippen LogP contribution in [-0.4, -0.2) is 23.7 Å². The smallest absolute Gasteiger partial charge is 0.0701 e. The largest absolute Gasteiger partial charge is 0.375 e. The molecule has 2 fully saturated rings. The van der Waals surface area contributed by atoms with Crippen molar-refractivity contribution in [1.29, 1.82) is 0 Å². The third-order valence-corrected chi connectivity index (χ3v) is 6.21. The van der Waals surface area contributed by atoms with Gasteiger partial charge in [0.15, 0.2) is 0 Å². The van der Waals surface area contributed by atoms with Crippen LogP contribution in [0.3, 0.4) is 0 Å². The fourth-order valence-corrected chi connectivity index (χ4v) is 5.15. The van der Waals surface area contributed by atoms with Gasteiger partial charge in [-0.3, -0.25) is 0 Å². The van der Waals surface area contributed by atoms with Crippen molar-refractivity contribution in [3.63, 3.8) is 0 Å². The van der Waals surface area contributed by atoms with Gasteiger partial charge in [0, 0.05) is 12.6 Å². The minimum absolute atomic E-state index is 0.129. The van der Waals surface area contributed by atoms with Crippen LogP contribution in [0, 0.1) is 19.8 Å². The van der Waals surface area contributed by atoms with E-state index in [0.717, 1.165) is 19.4 Å². The topological polar surface area (TPSA) is 35.2 Å². The van der Waals surface area contributed by atoms with Crippen LogP contribution < -0.4 is 5.73 Å². The van der Waals surface area contributed by atoms with E-state index in [1.54, 1.807) is 0 Å². The molecule has 2 saturated heterocycles. The van der Waals surface area contributed by atoms with Gasteiger partial charge in [-0.05, 0) is 68.1 Å². The molecule has 0 radical (unpaired) electrons. The SMILES string of the molecule is Cc1ccc(C(N)C2CCOC3(CCSCC3)C2)c(C)c1. The Balaban J connectivity index is 1.76. The van der Waals surface area contributed by atoms with Gasteiger partial charge in [0.1, 0.15) is 0 Å². The number of benzene rings is 1. The molecular weight excluding hydrogens is 278 g/mol. The van der Waals surface area contributed by atoms with E-state index in [-0.39, 0.29) is 11.6 Å². The average molecular weight is 305 g/mol. The Labute approximate surface area is 132 Å². The fourth-order valence-electron chi connectivity index (χ4n) is 3.92. The van der Waals surface area contributed by atoms with Gasteiger partial charge in [-0.15, -0.1) is 0 Å². The van der Waals surface area contributed by atoms with Gasteiger partial charge in [-0.1, -0.05) is 23.8 Å². The van der Waals surface area contributed by atoms with Crippen LogP contribution in [0.4, 0.5) is 0 Å². The van der Waals surface area contributed by atoms with E-state index in [4.69, 9.17) is 10.5 Å². The minimum atomic E-state index is 0.129. The Morgan fingerprint density at radius 3 is 2.76 bits per heavy atom. The molecule has 2 N–H and O–H groups in total. The molecule has 1 aromatic rings. The molecule has 1 aromatic carbocycles. The van der Waals surface area contributed by atoms with Gasteiger partial charge in [0.2, 0.25) is 0 Å². The Kier molecular flexibility index (Phi) is 4.63. The molecule has 2 aliphatic heterocycles. The zero-order valence-electron chi connectivity index (χ0n) is 13.2. The first kappa shape index (κ1) is 15.4. The second kappa shape index (κ2) is 6.31. The van der Waals surface area contributed by atoms with Crippen LogP contribution in [0.25, 0.3) is 0 Å². The summed E-state index contributed by atoms with van der Waals surface area (Å²) >= 11 is 2.06. The maximum atomic E-state index is 6.65. The van der Waals surface area contributed by atoms with Crippen LogP contribution in [0.15, 0.2) is 18.2 Å². The third-order valence-electron chi connectivity index (χ3n) is 5.23. The summed E-state index contributed by atoms with van der Waals surface area (Å²) in [5, 5.41) is 0. The van der Waals surface area contributed by atoms with Crippen LogP contribution >= 0.6 is 11.8 Å². The molecule has 1 spiro atoms. The summed E-state index contributed by atoms with van der Waals surface area (Å²) in [5.74, 6) is 3.04.